The van der Waals surface area contributed by atoms with Crippen LogP contribution in [0.3, 0.4) is 0 Å². The lowest BCUT2D eigenvalue weighted by Crippen LogP contribution is -2.18. The molecule has 0 radical (unpaired) electrons. The topological polar surface area (TPSA) is 17.1 Å². The van der Waals surface area contributed by atoms with Crippen molar-refractivity contribution >= 4 is 28.6 Å². The Morgan fingerprint density at radius 1 is 0.533 bits per heavy atom. The summed E-state index contributed by atoms with van der Waals surface area (Å²) in [5, 5.41) is 2.84. The monoisotopic (exact) mass is 406 g/mol. The van der Waals surface area contributed by atoms with Gasteiger partial charge in [-0.15, -0.1) is 0 Å². The van der Waals surface area contributed by atoms with Crippen LogP contribution in [0.5, 0.6) is 0 Å². The second kappa shape index (κ2) is 7.27. The molecular weight excluding hydrogens is 383 g/mol. The summed E-state index contributed by atoms with van der Waals surface area (Å²) in [5.41, 5.74) is 6.58. The summed E-state index contributed by atoms with van der Waals surface area (Å²) in [5.74, 6) is 0. The third-order valence-electron chi connectivity index (χ3n) is 5.96. The van der Waals surface area contributed by atoms with Crippen molar-refractivity contribution in [3.63, 3.8) is 0 Å². The molecule has 1 atom stereocenters. The first kappa shape index (κ1) is 18.9. The highest BCUT2D eigenvalue weighted by Gasteiger charge is 2.44. The van der Waals surface area contributed by atoms with Crippen molar-refractivity contribution in [1.82, 2.24) is 0 Å². The minimum absolute atomic E-state index is 0.932. The van der Waals surface area contributed by atoms with Gasteiger partial charge in [-0.1, -0.05) is 103 Å². The van der Waals surface area contributed by atoms with Crippen LogP contribution in [0.2, 0.25) is 0 Å². The highest BCUT2D eigenvalue weighted by Crippen LogP contribution is 2.66. The number of hydrogen-bond donors (Lipinski definition) is 0. The van der Waals surface area contributed by atoms with Gasteiger partial charge in [0.05, 0.1) is 0 Å². The average molecular weight is 406 g/mol. The molecule has 146 valence electrons. The van der Waals surface area contributed by atoms with Gasteiger partial charge in [0, 0.05) is 21.5 Å². The normalized spacial score (nSPS) is 17.8. The highest BCUT2D eigenvalue weighted by molar-refractivity contribution is 7.88. The van der Waals surface area contributed by atoms with E-state index in [1.807, 2.05) is 48.5 Å². The molecule has 5 rings (SSSR count). The second-order valence-electron chi connectivity index (χ2n) is 7.82. The standard InChI is InChI=1S/C28H23OP/c1-20-12-9-10-18-24(20)30(29)25-19-11-13-21(2)26(25)27(22-14-5-3-6-15-22)28(30)23-16-7-4-8-17-23/h3-19H,1-2H3/t30-/m0/s1. The molecule has 0 bridgehead atoms. The zero-order chi connectivity index (χ0) is 20.7. The van der Waals surface area contributed by atoms with Crippen molar-refractivity contribution in [3.05, 3.63) is 131 Å². The van der Waals surface area contributed by atoms with E-state index in [0.29, 0.717) is 0 Å². The van der Waals surface area contributed by atoms with Gasteiger partial charge in [-0.3, -0.25) is 0 Å². The average Bonchev–Trinajstić information content (AvgIpc) is 3.06. The van der Waals surface area contributed by atoms with Crippen LogP contribution in [0, 0.1) is 13.8 Å². The van der Waals surface area contributed by atoms with Crippen LogP contribution in [0.4, 0.5) is 0 Å². The number of aryl methyl sites for hydroxylation is 2. The molecule has 0 saturated carbocycles. The van der Waals surface area contributed by atoms with E-state index in [9.17, 15) is 0 Å². The fourth-order valence-corrected chi connectivity index (χ4v) is 8.19. The molecule has 30 heavy (non-hydrogen) atoms. The molecule has 4 aromatic carbocycles. The molecule has 1 heterocycles. The molecule has 0 fully saturated rings. The molecule has 1 aliphatic rings. The van der Waals surface area contributed by atoms with Crippen LogP contribution in [-0.2, 0) is 4.57 Å². The number of benzene rings is 4. The summed E-state index contributed by atoms with van der Waals surface area (Å²) < 4.78 is 15.3. The molecule has 0 N–H and O–H groups in total. The van der Waals surface area contributed by atoms with Gasteiger partial charge in [-0.05, 0) is 41.7 Å². The molecule has 2 heteroatoms. The van der Waals surface area contributed by atoms with E-state index < -0.39 is 7.14 Å². The van der Waals surface area contributed by atoms with Crippen molar-refractivity contribution < 1.29 is 4.57 Å². The fraction of sp³-hybridized carbons (Fsp3) is 0.0714. The van der Waals surface area contributed by atoms with Crippen LogP contribution in [0.15, 0.2) is 103 Å². The van der Waals surface area contributed by atoms with E-state index in [4.69, 9.17) is 0 Å². The van der Waals surface area contributed by atoms with Gasteiger partial charge in [0.2, 0.25) is 0 Å². The maximum Gasteiger partial charge on any atom is 0.173 e. The Kier molecular flexibility index (Phi) is 4.57. The van der Waals surface area contributed by atoms with Crippen molar-refractivity contribution in [2.75, 3.05) is 0 Å². The summed E-state index contributed by atoms with van der Waals surface area (Å²) in [4.78, 5) is 0. The van der Waals surface area contributed by atoms with Gasteiger partial charge >= 0.3 is 0 Å². The highest BCUT2D eigenvalue weighted by atomic mass is 31.2. The lowest BCUT2D eigenvalue weighted by Gasteiger charge is -2.21. The number of hydrogen-bond acceptors (Lipinski definition) is 1. The quantitative estimate of drug-likeness (QED) is 0.353. The minimum atomic E-state index is -3.05. The summed E-state index contributed by atoms with van der Waals surface area (Å²) >= 11 is 0. The molecule has 0 aliphatic carbocycles. The smallest absolute Gasteiger partial charge is 0.173 e. The van der Waals surface area contributed by atoms with E-state index in [-0.39, 0.29) is 0 Å². The zero-order valence-electron chi connectivity index (χ0n) is 17.2. The summed E-state index contributed by atoms with van der Waals surface area (Å²) in [6.07, 6.45) is 0. The van der Waals surface area contributed by atoms with Gasteiger partial charge in [-0.2, -0.15) is 0 Å². The maximum absolute atomic E-state index is 15.3. The first-order chi connectivity index (χ1) is 14.6. The fourth-order valence-electron chi connectivity index (χ4n) is 4.61. The van der Waals surface area contributed by atoms with Gasteiger partial charge in [0.1, 0.15) is 0 Å². The minimum Gasteiger partial charge on any atom is -0.309 e. The predicted molar refractivity (Wildman–Crippen MR) is 128 cm³/mol. The molecule has 0 spiro atoms. The lowest BCUT2D eigenvalue weighted by atomic mass is 9.93. The number of fused-ring (bicyclic) bond motifs is 1. The Bertz CT molecular complexity index is 1320. The van der Waals surface area contributed by atoms with Gasteiger partial charge in [0.25, 0.3) is 0 Å². The Morgan fingerprint density at radius 2 is 1.07 bits per heavy atom. The summed E-state index contributed by atoms with van der Waals surface area (Å²) in [6.45, 7) is 4.19. The zero-order valence-corrected chi connectivity index (χ0v) is 18.1. The maximum atomic E-state index is 15.3. The van der Waals surface area contributed by atoms with Crippen LogP contribution in [-0.4, -0.2) is 0 Å². The number of rotatable bonds is 3. The molecule has 0 amide bonds. The summed E-state index contributed by atoms with van der Waals surface area (Å²) in [7, 11) is -3.05. The first-order valence-corrected chi connectivity index (χ1v) is 12.0. The van der Waals surface area contributed by atoms with Gasteiger partial charge < -0.3 is 4.57 Å². The molecule has 1 aliphatic heterocycles. The predicted octanol–water partition coefficient (Wildman–Crippen LogP) is 6.55. The Morgan fingerprint density at radius 3 is 1.73 bits per heavy atom. The Balaban J connectivity index is 1.99. The van der Waals surface area contributed by atoms with E-state index in [1.54, 1.807) is 0 Å². The van der Waals surface area contributed by atoms with E-state index in [1.165, 1.54) is 0 Å². The van der Waals surface area contributed by atoms with E-state index in [0.717, 1.165) is 49.3 Å². The van der Waals surface area contributed by atoms with Crippen LogP contribution < -0.4 is 10.6 Å². The van der Waals surface area contributed by atoms with Crippen LogP contribution in [0.25, 0.3) is 10.9 Å². The lowest BCUT2D eigenvalue weighted by molar-refractivity contribution is 0.593. The Hall–Kier alpha value is -3.15. The van der Waals surface area contributed by atoms with Crippen LogP contribution in [0.1, 0.15) is 27.8 Å². The summed E-state index contributed by atoms with van der Waals surface area (Å²) in [6, 6.07) is 35.0. The largest absolute Gasteiger partial charge is 0.309 e. The third-order valence-corrected chi connectivity index (χ3v) is 9.30. The van der Waals surface area contributed by atoms with Crippen molar-refractivity contribution in [2.24, 2.45) is 0 Å². The van der Waals surface area contributed by atoms with E-state index >= 15 is 4.57 Å². The van der Waals surface area contributed by atoms with Crippen molar-refractivity contribution in [2.45, 2.75) is 13.8 Å². The molecule has 0 aromatic heterocycles. The molecule has 1 nitrogen and oxygen atoms in total. The third kappa shape index (κ3) is 2.74. The Labute approximate surface area is 178 Å². The van der Waals surface area contributed by atoms with Gasteiger partial charge in [-0.25, -0.2) is 0 Å². The van der Waals surface area contributed by atoms with E-state index in [2.05, 4.69) is 68.4 Å². The first-order valence-electron chi connectivity index (χ1n) is 10.2. The molecule has 0 unspecified atom stereocenters. The SMILES string of the molecule is Cc1ccccc1[P@@]1(=O)C(c2ccccc2)=C(c2ccccc2)c2c(C)cccc21. The molecular formula is C28H23OP. The second-order valence-corrected chi connectivity index (χ2v) is 10.4. The molecule has 4 aromatic rings. The van der Waals surface area contributed by atoms with Crippen molar-refractivity contribution in [1.29, 1.82) is 0 Å². The molecule has 0 saturated heterocycles. The van der Waals surface area contributed by atoms with Crippen molar-refractivity contribution in [3.8, 4) is 0 Å². The van der Waals surface area contributed by atoms with Gasteiger partial charge in [0.15, 0.2) is 7.14 Å². The van der Waals surface area contributed by atoms with Crippen LogP contribution >= 0.6 is 7.14 Å².